The molecule has 1 N–H and O–H groups in total. The van der Waals surface area contributed by atoms with Gasteiger partial charge in [0.1, 0.15) is 17.5 Å². The zero-order valence-electron chi connectivity index (χ0n) is 26.2. The summed E-state index contributed by atoms with van der Waals surface area (Å²) in [5.74, 6) is -0.297. The summed E-state index contributed by atoms with van der Waals surface area (Å²) in [5.41, 5.74) is 1.16. The number of ether oxygens (including phenoxy) is 3. The second-order valence-electron chi connectivity index (χ2n) is 12.0. The van der Waals surface area contributed by atoms with Crippen molar-refractivity contribution in [2.45, 2.75) is 84.5 Å². The van der Waals surface area contributed by atoms with Gasteiger partial charge in [-0.1, -0.05) is 43.0 Å². The first kappa shape index (κ1) is 34.3. The van der Waals surface area contributed by atoms with Crippen molar-refractivity contribution < 1.29 is 28.2 Å². The van der Waals surface area contributed by atoms with E-state index in [-0.39, 0.29) is 45.9 Å². The average Bonchev–Trinajstić information content (AvgIpc) is 3.48. The zero-order valence-corrected chi connectivity index (χ0v) is 27.8. The number of pyridine rings is 1. The summed E-state index contributed by atoms with van der Waals surface area (Å²) in [7, 11) is 0. The molecule has 0 saturated carbocycles. The number of carbonyl (C=O) groups is 2. The molecule has 2 amide bonds. The van der Waals surface area contributed by atoms with Gasteiger partial charge in [0.15, 0.2) is 11.6 Å². The van der Waals surface area contributed by atoms with Gasteiger partial charge in [0, 0.05) is 47.2 Å². The highest BCUT2D eigenvalue weighted by Gasteiger charge is 2.28. The first-order valence-corrected chi connectivity index (χ1v) is 15.9. The van der Waals surface area contributed by atoms with Crippen LogP contribution < -0.4 is 10.1 Å². The number of anilines is 1. The highest BCUT2D eigenvalue weighted by molar-refractivity contribution is 6.36. The Kier molecular flexibility index (Phi) is 11.5. The molecule has 45 heavy (non-hydrogen) atoms. The molecule has 1 saturated heterocycles. The topological polar surface area (TPSA) is 108 Å². The van der Waals surface area contributed by atoms with Crippen LogP contribution in [-0.4, -0.2) is 57.1 Å². The van der Waals surface area contributed by atoms with Crippen molar-refractivity contribution in [3.63, 3.8) is 0 Å². The quantitative estimate of drug-likeness (QED) is 0.170. The van der Waals surface area contributed by atoms with Gasteiger partial charge in [-0.05, 0) is 65.2 Å². The summed E-state index contributed by atoms with van der Waals surface area (Å²) in [6.45, 7) is 10.7. The fourth-order valence-electron chi connectivity index (χ4n) is 4.93. The Balaban J connectivity index is 1.53. The van der Waals surface area contributed by atoms with Gasteiger partial charge in [0.2, 0.25) is 0 Å². The zero-order chi connectivity index (χ0) is 32.7. The van der Waals surface area contributed by atoms with E-state index in [9.17, 15) is 14.0 Å². The molecular weight excluding hydrogens is 624 g/mol. The molecule has 10 nitrogen and oxygen atoms in total. The number of unbranched alkanes of at least 4 members (excludes halogenated alkanes) is 2. The average molecular weight is 665 g/mol. The Morgan fingerprint density at radius 1 is 1.13 bits per heavy atom. The highest BCUT2D eigenvalue weighted by Crippen LogP contribution is 2.38. The minimum absolute atomic E-state index is 0.0989. The number of benzene rings is 1. The van der Waals surface area contributed by atoms with Crippen LogP contribution in [0.1, 0.15) is 84.4 Å². The standard InChI is InChI=1S/C32H40Cl2FN5O5/c1-6-7-8-15-43-30(41)38-29-26(44-20(2)27-24(33)9-10-25(35)28(27)34)16-21(17-36-29)22-18-37-40(19-22)23-11-13-39(14-12-23)31(42)45-32(3,4)5/h9-10,16-20,23H,6-8,11-15H2,1-5H3,(H,36,38,41)/t20-/m1/s1. The molecule has 1 aromatic carbocycles. The molecular formula is C32H40Cl2FN5O5. The summed E-state index contributed by atoms with van der Waals surface area (Å²) in [6, 6.07) is 4.40. The lowest BCUT2D eigenvalue weighted by molar-refractivity contribution is 0.0184. The van der Waals surface area contributed by atoms with E-state index in [1.807, 2.05) is 31.6 Å². The maximum absolute atomic E-state index is 14.3. The largest absolute Gasteiger partial charge is 0.482 e. The fraction of sp³-hybridized carbons (Fsp3) is 0.500. The Morgan fingerprint density at radius 2 is 1.87 bits per heavy atom. The monoisotopic (exact) mass is 663 g/mol. The van der Waals surface area contributed by atoms with Crippen LogP contribution in [-0.2, 0) is 9.47 Å². The number of rotatable bonds is 10. The number of likely N-dealkylation sites (tertiary alicyclic amines) is 1. The van der Waals surface area contributed by atoms with Crippen molar-refractivity contribution in [3.05, 3.63) is 58.2 Å². The maximum atomic E-state index is 14.3. The van der Waals surface area contributed by atoms with Gasteiger partial charge in [0.25, 0.3) is 0 Å². The van der Waals surface area contributed by atoms with E-state index < -0.39 is 23.6 Å². The number of carbonyl (C=O) groups excluding carboxylic acids is 2. The number of halogens is 3. The first-order chi connectivity index (χ1) is 21.4. The molecule has 1 aliphatic heterocycles. The molecule has 4 rings (SSSR count). The van der Waals surface area contributed by atoms with E-state index in [0.717, 1.165) is 37.7 Å². The lowest BCUT2D eigenvalue weighted by Crippen LogP contribution is -2.42. The molecule has 0 unspecified atom stereocenters. The molecule has 2 aromatic heterocycles. The highest BCUT2D eigenvalue weighted by atomic mass is 35.5. The van der Waals surface area contributed by atoms with Crippen LogP contribution in [0.15, 0.2) is 36.8 Å². The Labute approximate surface area is 273 Å². The van der Waals surface area contributed by atoms with Gasteiger partial charge < -0.3 is 19.1 Å². The number of piperidine rings is 1. The summed E-state index contributed by atoms with van der Waals surface area (Å²) in [6.07, 6.45) is 7.59. The molecule has 1 fully saturated rings. The number of hydrogen-bond donors (Lipinski definition) is 1. The van der Waals surface area contributed by atoms with Crippen molar-refractivity contribution in [1.82, 2.24) is 19.7 Å². The third-order valence-electron chi connectivity index (χ3n) is 7.27. The molecule has 0 spiro atoms. The predicted octanol–water partition coefficient (Wildman–Crippen LogP) is 8.84. The van der Waals surface area contributed by atoms with Gasteiger partial charge in [-0.15, -0.1) is 0 Å². The van der Waals surface area contributed by atoms with Gasteiger partial charge in [-0.2, -0.15) is 5.10 Å². The minimum atomic E-state index is -0.795. The van der Waals surface area contributed by atoms with Gasteiger partial charge >= 0.3 is 12.2 Å². The van der Waals surface area contributed by atoms with Crippen LogP contribution in [0, 0.1) is 5.82 Å². The van der Waals surface area contributed by atoms with Crippen molar-refractivity contribution in [1.29, 1.82) is 0 Å². The smallest absolute Gasteiger partial charge is 0.412 e. The molecule has 1 aliphatic rings. The molecule has 0 bridgehead atoms. The van der Waals surface area contributed by atoms with E-state index in [4.69, 9.17) is 37.4 Å². The molecule has 3 aromatic rings. The second kappa shape index (κ2) is 15.1. The maximum Gasteiger partial charge on any atom is 0.412 e. The van der Waals surface area contributed by atoms with Crippen molar-refractivity contribution in [3.8, 4) is 16.9 Å². The van der Waals surface area contributed by atoms with E-state index in [0.29, 0.717) is 18.7 Å². The van der Waals surface area contributed by atoms with Crippen molar-refractivity contribution >= 4 is 41.2 Å². The number of hydrogen-bond acceptors (Lipinski definition) is 7. The molecule has 0 aliphatic carbocycles. The van der Waals surface area contributed by atoms with Crippen molar-refractivity contribution in [2.75, 3.05) is 25.0 Å². The Bertz CT molecular complexity index is 1490. The molecule has 244 valence electrons. The van der Waals surface area contributed by atoms with Gasteiger partial charge in [0.05, 0.1) is 23.9 Å². The minimum Gasteiger partial charge on any atom is -0.482 e. The van der Waals surface area contributed by atoms with Crippen LogP contribution in [0.25, 0.3) is 11.1 Å². The Hall–Kier alpha value is -3.57. The predicted molar refractivity (Wildman–Crippen MR) is 171 cm³/mol. The third-order valence-corrected chi connectivity index (χ3v) is 7.98. The number of aromatic nitrogens is 3. The van der Waals surface area contributed by atoms with Crippen LogP contribution in [0.5, 0.6) is 5.75 Å². The summed E-state index contributed by atoms with van der Waals surface area (Å²) in [4.78, 5) is 31.2. The van der Waals surface area contributed by atoms with E-state index in [2.05, 4.69) is 22.3 Å². The fourth-order valence-corrected chi connectivity index (χ4v) is 5.60. The number of nitrogens with one attached hydrogen (secondary N) is 1. The van der Waals surface area contributed by atoms with Gasteiger partial charge in [-0.3, -0.25) is 10.00 Å². The summed E-state index contributed by atoms with van der Waals surface area (Å²) >= 11 is 12.6. The molecule has 13 heteroatoms. The molecule has 3 heterocycles. The SMILES string of the molecule is CCCCCOC(=O)Nc1ncc(-c2cnn(C3CCN(C(=O)OC(C)(C)C)CC3)c2)cc1O[C@H](C)c1c(Cl)ccc(F)c1Cl. The lowest BCUT2D eigenvalue weighted by atomic mass is 10.1. The normalized spacial score (nSPS) is 14.6. The van der Waals surface area contributed by atoms with E-state index in [1.54, 1.807) is 30.3 Å². The molecule has 1 atom stereocenters. The third kappa shape index (κ3) is 9.23. The van der Waals surface area contributed by atoms with Crippen molar-refractivity contribution in [2.24, 2.45) is 0 Å². The summed E-state index contributed by atoms with van der Waals surface area (Å²) < 4.78 is 33.2. The first-order valence-electron chi connectivity index (χ1n) is 15.1. The number of amides is 2. The van der Waals surface area contributed by atoms with Gasteiger partial charge in [-0.25, -0.2) is 19.0 Å². The van der Waals surface area contributed by atoms with Crippen LogP contribution in [0.4, 0.5) is 19.8 Å². The molecule has 0 radical (unpaired) electrons. The summed E-state index contributed by atoms with van der Waals surface area (Å²) in [5, 5.41) is 7.32. The van der Waals surface area contributed by atoms with E-state index >= 15 is 0 Å². The second-order valence-corrected chi connectivity index (χ2v) is 12.7. The number of nitrogens with zero attached hydrogens (tertiary/aromatic N) is 4. The lowest BCUT2D eigenvalue weighted by Gasteiger charge is -2.33. The van der Waals surface area contributed by atoms with Crippen LogP contribution >= 0.6 is 23.2 Å². The van der Waals surface area contributed by atoms with Crippen LogP contribution in [0.2, 0.25) is 10.0 Å². The van der Waals surface area contributed by atoms with E-state index in [1.165, 1.54) is 12.1 Å². The van der Waals surface area contributed by atoms with Crippen LogP contribution in [0.3, 0.4) is 0 Å². The Morgan fingerprint density at radius 3 is 2.56 bits per heavy atom.